The number of benzene rings is 1. The molecule has 0 atom stereocenters. The summed E-state index contributed by atoms with van der Waals surface area (Å²) < 4.78 is 7.01. The first-order valence-corrected chi connectivity index (χ1v) is 8.92. The third-order valence-electron chi connectivity index (χ3n) is 4.91. The highest BCUT2D eigenvalue weighted by Crippen LogP contribution is 2.34. The molecular weight excluding hydrogens is 328 g/mol. The van der Waals surface area contributed by atoms with Crippen molar-refractivity contribution in [2.45, 2.75) is 37.6 Å². The van der Waals surface area contributed by atoms with Crippen molar-refractivity contribution >= 4 is 15.9 Å². The maximum atomic E-state index is 5.91. The lowest BCUT2D eigenvalue weighted by molar-refractivity contribution is 0.0183. The summed E-state index contributed by atoms with van der Waals surface area (Å²) in [7, 11) is 0. The molecule has 3 rings (SSSR count). The van der Waals surface area contributed by atoms with Gasteiger partial charge in [-0.25, -0.2) is 0 Å². The smallest absolute Gasteiger partial charge is 0.119 e. The van der Waals surface area contributed by atoms with E-state index in [0.29, 0.717) is 5.54 Å². The van der Waals surface area contributed by atoms with E-state index in [1.165, 1.54) is 32.1 Å². The molecule has 1 heterocycles. The number of nitrogens with one attached hydrogen (secondary N) is 1. The van der Waals surface area contributed by atoms with Crippen molar-refractivity contribution in [3.8, 4) is 5.75 Å². The fourth-order valence-corrected chi connectivity index (χ4v) is 4.00. The van der Waals surface area contributed by atoms with Crippen LogP contribution in [0, 0.1) is 0 Å². The van der Waals surface area contributed by atoms with Crippen LogP contribution >= 0.6 is 15.9 Å². The summed E-state index contributed by atoms with van der Waals surface area (Å²) >= 11 is 3.45. The summed E-state index contributed by atoms with van der Waals surface area (Å²) in [6, 6.07) is 8.11. The molecule has 116 valence electrons. The van der Waals surface area contributed by atoms with Crippen molar-refractivity contribution in [1.29, 1.82) is 0 Å². The number of hydrogen-bond acceptors (Lipinski definition) is 3. The number of hydrogen-bond donors (Lipinski definition) is 1. The third kappa shape index (κ3) is 3.79. The molecule has 0 unspecified atom stereocenters. The number of ether oxygens (including phenoxy) is 1. The Labute approximate surface area is 136 Å². The number of piperazine rings is 1. The summed E-state index contributed by atoms with van der Waals surface area (Å²) in [6.45, 7) is 5.25. The zero-order valence-electron chi connectivity index (χ0n) is 12.6. The highest BCUT2D eigenvalue weighted by molar-refractivity contribution is 9.10. The first-order chi connectivity index (χ1) is 10.3. The second kappa shape index (κ2) is 7.12. The molecule has 1 aliphatic heterocycles. The first kappa shape index (κ1) is 15.3. The second-order valence-corrected chi connectivity index (χ2v) is 7.17. The van der Waals surface area contributed by atoms with E-state index < -0.39 is 0 Å². The Bertz CT molecular complexity index is 434. The molecule has 1 N–H and O–H groups in total. The van der Waals surface area contributed by atoms with E-state index in [0.717, 1.165) is 43.0 Å². The minimum Gasteiger partial charge on any atom is -0.492 e. The van der Waals surface area contributed by atoms with Crippen molar-refractivity contribution in [3.05, 3.63) is 28.7 Å². The quantitative estimate of drug-likeness (QED) is 0.898. The van der Waals surface area contributed by atoms with Gasteiger partial charge < -0.3 is 10.1 Å². The molecule has 1 aromatic carbocycles. The van der Waals surface area contributed by atoms with Gasteiger partial charge in [0, 0.05) is 36.2 Å². The Kier molecular flexibility index (Phi) is 5.19. The number of rotatable bonds is 4. The molecule has 0 amide bonds. The van der Waals surface area contributed by atoms with E-state index in [1.807, 2.05) is 24.3 Å². The standard InChI is InChI=1S/C17H25BrN2O/c18-15-4-6-16(7-5-15)21-13-12-20-11-10-19-14-17(20)8-2-1-3-9-17/h4-7,19H,1-3,8-14H2. The largest absolute Gasteiger partial charge is 0.492 e. The number of halogens is 1. The van der Waals surface area contributed by atoms with E-state index in [-0.39, 0.29) is 0 Å². The third-order valence-corrected chi connectivity index (χ3v) is 5.44. The van der Waals surface area contributed by atoms with E-state index in [1.54, 1.807) is 0 Å². The predicted molar refractivity (Wildman–Crippen MR) is 89.9 cm³/mol. The molecule has 4 heteroatoms. The highest BCUT2D eigenvalue weighted by atomic mass is 79.9. The minimum absolute atomic E-state index is 0.402. The molecule has 1 saturated carbocycles. The molecule has 2 fully saturated rings. The van der Waals surface area contributed by atoms with Crippen LogP contribution < -0.4 is 10.1 Å². The van der Waals surface area contributed by atoms with Crippen LogP contribution in [-0.4, -0.2) is 43.2 Å². The zero-order chi connectivity index (χ0) is 14.5. The van der Waals surface area contributed by atoms with Crippen LogP contribution in [0.4, 0.5) is 0 Å². The monoisotopic (exact) mass is 352 g/mol. The van der Waals surface area contributed by atoms with Gasteiger partial charge in [0.1, 0.15) is 12.4 Å². The molecule has 1 aliphatic carbocycles. The fourth-order valence-electron chi connectivity index (χ4n) is 3.74. The van der Waals surface area contributed by atoms with Crippen molar-refractivity contribution in [2.75, 3.05) is 32.8 Å². The molecule has 0 aromatic heterocycles. The van der Waals surface area contributed by atoms with Crippen molar-refractivity contribution in [1.82, 2.24) is 10.2 Å². The van der Waals surface area contributed by atoms with Crippen LogP contribution in [0.25, 0.3) is 0 Å². The van der Waals surface area contributed by atoms with Crippen molar-refractivity contribution in [3.63, 3.8) is 0 Å². The van der Waals surface area contributed by atoms with Gasteiger partial charge in [0.25, 0.3) is 0 Å². The average molecular weight is 353 g/mol. The summed E-state index contributed by atoms with van der Waals surface area (Å²) in [6.07, 6.45) is 6.86. The van der Waals surface area contributed by atoms with Gasteiger partial charge in [0.2, 0.25) is 0 Å². The molecule has 21 heavy (non-hydrogen) atoms. The van der Waals surface area contributed by atoms with Crippen molar-refractivity contribution < 1.29 is 4.74 Å². The molecular formula is C17H25BrN2O. The molecule has 1 aromatic rings. The molecule has 1 saturated heterocycles. The number of nitrogens with zero attached hydrogens (tertiary/aromatic N) is 1. The van der Waals surface area contributed by atoms with Gasteiger partial charge in [0.05, 0.1) is 0 Å². The average Bonchev–Trinajstić information content (AvgIpc) is 2.52. The highest BCUT2D eigenvalue weighted by Gasteiger charge is 2.39. The van der Waals surface area contributed by atoms with Gasteiger partial charge >= 0.3 is 0 Å². The molecule has 2 aliphatic rings. The SMILES string of the molecule is Brc1ccc(OCCN2CCNCC23CCCCC3)cc1. The van der Waals surface area contributed by atoms with E-state index in [9.17, 15) is 0 Å². The van der Waals surface area contributed by atoms with Gasteiger partial charge in [-0.2, -0.15) is 0 Å². The van der Waals surface area contributed by atoms with Gasteiger partial charge in [-0.1, -0.05) is 35.2 Å². The first-order valence-electron chi connectivity index (χ1n) is 8.13. The fraction of sp³-hybridized carbons (Fsp3) is 0.647. The normalized spacial score (nSPS) is 22.3. The Hall–Kier alpha value is -0.580. The Morgan fingerprint density at radius 3 is 2.67 bits per heavy atom. The van der Waals surface area contributed by atoms with Gasteiger partial charge in [0.15, 0.2) is 0 Å². The van der Waals surface area contributed by atoms with Crippen LogP contribution in [0.5, 0.6) is 5.75 Å². The maximum absolute atomic E-state index is 5.91. The topological polar surface area (TPSA) is 24.5 Å². The Morgan fingerprint density at radius 2 is 1.90 bits per heavy atom. The van der Waals surface area contributed by atoms with Crippen LogP contribution in [0.15, 0.2) is 28.7 Å². The lowest BCUT2D eigenvalue weighted by Crippen LogP contribution is -2.62. The lowest BCUT2D eigenvalue weighted by Gasteiger charge is -2.49. The van der Waals surface area contributed by atoms with E-state index in [2.05, 4.69) is 26.1 Å². The zero-order valence-corrected chi connectivity index (χ0v) is 14.2. The summed E-state index contributed by atoms with van der Waals surface area (Å²) in [5.74, 6) is 0.964. The molecule has 0 bridgehead atoms. The summed E-state index contributed by atoms with van der Waals surface area (Å²) in [4.78, 5) is 2.68. The lowest BCUT2D eigenvalue weighted by atomic mass is 9.79. The molecule has 1 spiro atoms. The van der Waals surface area contributed by atoms with Crippen LogP contribution in [0.2, 0.25) is 0 Å². The van der Waals surface area contributed by atoms with Gasteiger partial charge in [-0.3, -0.25) is 4.90 Å². The van der Waals surface area contributed by atoms with E-state index >= 15 is 0 Å². The van der Waals surface area contributed by atoms with Gasteiger partial charge in [-0.15, -0.1) is 0 Å². The second-order valence-electron chi connectivity index (χ2n) is 6.25. The van der Waals surface area contributed by atoms with Crippen LogP contribution in [-0.2, 0) is 0 Å². The van der Waals surface area contributed by atoms with Crippen molar-refractivity contribution in [2.24, 2.45) is 0 Å². The van der Waals surface area contributed by atoms with Crippen LogP contribution in [0.3, 0.4) is 0 Å². The van der Waals surface area contributed by atoms with E-state index in [4.69, 9.17) is 4.74 Å². The predicted octanol–water partition coefficient (Wildman–Crippen LogP) is 3.44. The summed E-state index contributed by atoms with van der Waals surface area (Å²) in [5, 5.41) is 3.60. The minimum atomic E-state index is 0.402. The molecule has 3 nitrogen and oxygen atoms in total. The molecule has 0 radical (unpaired) electrons. The van der Waals surface area contributed by atoms with Gasteiger partial charge in [-0.05, 0) is 37.1 Å². The maximum Gasteiger partial charge on any atom is 0.119 e. The Morgan fingerprint density at radius 1 is 1.14 bits per heavy atom. The van der Waals surface area contributed by atoms with Crippen LogP contribution in [0.1, 0.15) is 32.1 Å². The Balaban J connectivity index is 1.54. The summed E-state index contributed by atoms with van der Waals surface area (Å²) in [5.41, 5.74) is 0.402.